The maximum absolute atomic E-state index is 12.2. The van der Waals surface area contributed by atoms with Gasteiger partial charge in [0, 0.05) is 23.3 Å². The lowest BCUT2D eigenvalue weighted by molar-refractivity contribution is -0.144. The standard InChI is InChI=1S/C18H20N4O5/c1-10(2)22-17(26)16(25)21(18(22)27)9-14(23)19-13-5-3-4-11(8-13)15(24)20-12-6-7-12/h3-5,8,10,12H,6-7,9H2,1-2H3,(H,19,23)(H,20,24). The van der Waals surface area contributed by atoms with Gasteiger partial charge in [0.1, 0.15) is 6.54 Å². The van der Waals surface area contributed by atoms with E-state index >= 15 is 0 Å². The Morgan fingerprint density at radius 2 is 1.85 bits per heavy atom. The first-order chi connectivity index (χ1) is 12.8. The van der Waals surface area contributed by atoms with Crippen LogP contribution < -0.4 is 10.6 Å². The van der Waals surface area contributed by atoms with Crippen LogP contribution in [0, 0.1) is 0 Å². The van der Waals surface area contributed by atoms with E-state index in [0.717, 1.165) is 17.7 Å². The molecule has 9 nitrogen and oxygen atoms in total. The van der Waals surface area contributed by atoms with Crippen molar-refractivity contribution in [1.29, 1.82) is 0 Å². The zero-order valence-corrected chi connectivity index (χ0v) is 15.0. The molecule has 142 valence electrons. The molecule has 3 rings (SSSR count). The lowest BCUT2D eigenvalue weighted by Crippen LogP contribution is -2.40. The van der Waals surface area contributed by atoms with Gasteiger partial charge in [-0.15, -0.1) is 0 Å². The molecule has 1 saturated carbocycles. The van der Waals surface area contributed by atoms with E-state index < -0.39 is 36.3 Å². The topological polar surface area (TPSA) is 116 Å². The number of amides is 6. The Kier molecular flexibility index (Phi) is 4.93. The van der Waals surface area contributed by atoms with Gasteiger partial charge in [0.05, 0.1) is 0 Å². The van der Waals surface area contributed by atoms with Crippen LogP contribution in [0.4, 0.5) is 10.5 Å². The largest absolute Gasteiger partial charge is 0.349 e. The van der Waals surface area contributed by atoms with Gasteiger partial charge in [-0.1, -0.05) is 6.07 Å². The third kappa shape index (κ3) is 3.97. The highest BCUT2D eigenvalue weighted by Gasteiger charge is 2.46. The first kappa shape index (κ1) is 18.6. The Morgan fingerprint density at radius 1 is 1.15 bits per heavy atom. The van der Waals surface area contributed by atoms with Crippen molar-refractivity contribution in [2.75, 3.05) is 11.9 Å². The molecule has 27 heavy (non-hydrogen) atoms. The molecule has 1 heterocycles. The van der Waals surface area contributed by atoms with Crippen LogP contribution in [0.1, 0.15) is 37.0 Å². The smallest absolute Gasteiger partial charge is 0.334 e. The van der Waals surface area contributed by atoms with Gasteiger partial charge in [-0.2, -0.15) is 0 Å². The maximum atomic E-state index is 12.2. The quantitative estimate of drug-likeness (QED) is 0.564. The number of hydrogen-bond donors (Lipinski definition) is 2. The van der Waals surface area contributed by atoms with Crippen molar-refractivity contribution in [1.82, 2.24) is 15.1 Å². The lowest BCUT2D eigenvalue weighted by Gasteiger charge is -2.18. The van der Waals surface area contributed by atoms with E-state index in [4.69, 9.17) is 0 Å². The van der Waals surface area contributed by atoms with E-state index in [1.54, 1.807) is 32.0 Å². The molecule has 1 aromatic carbocycles. The molecular weight excluding hydrogens is 352 g/mol. The predicted octanol–water partition coefficient (Wildman–Crippen LogP) is 0.716. The fraction of sp³-hybridized carbons (Fsp3) is 0.389. The summed E-state index contributed by atoms with van der Waals surface area (Å²) < 4.78 is 0. The van der Waals surface area contributed by atoms with Crippen molar-refractivity contribution >= 4 is 35.3 Å². The first-order valence-electron chi connectivity index (χ1n) is 8.67. The highest BCUT2D eigenvalue weighted by molar-refractivity contribution is 6.45. The monoisotopic (exact) mass is 372 g/mol. The normalized spacial score (nSPS) is 16.9. The van der Waals surface area contributed by atoms with E-state index in [0.29, 0.717) is 16.2 Å². The summed E-state index contributed by atoms with van der Waals surface area (Å²) in [6.07, 6.45) is 1.93. The summed E-state index contributed by atoms with van der Waals surface area (Å²) in [5, 5.41) is 5.39. The minimum Gasteiger partial charge on any atom is -0.349 e. The number of anilines is 1. The zero-order valence-electron chi connectivity index (χ0n) is 15.0. The second-order valence-corrected chi connectivity index (χ2v) is 6.82. The number of carbonyl (C=O) groups excluding carboxylic acids is 5. The Morgan fingerprint density at radius 3 is 2.44 bits per heavy atom. The van der Waals surface area contributed by atoms with Crippen LogP contribution in [0.15, 0.2) is 24.3 Å². The number of urea groups is 1. The highest BCUT2D eigenvalue weighted by Crippen LogP contribution is 2.20. The van der Waals surface area contributed by atoms with Crippen molar-refractivity contribution in [3.63, 3.8) is 0 Å². The molecular formula is C18H20N4O5. The minimum atomic E-state index is -1.03. The van der Waals surface area contributed by atoms with Crippen molar-refractivity contribution in [3.8, 4) is 0 Å². The molecule has 1 aliphatic heterocycles. The Balaban J connectivity index is 1.64. The SMILES string of the molecule is CC(C)N1C(=O)C(=O)N(CC(=O)Nc2cccc(C(=O)NC3CC3)c2)C1=O. The number of rotatable bonds is 6. The average Bonchev–Trinajstić information content (AvgIpc) is 3.39. The summed E-state index contributed by atoms with van der Waals surface area (Å²) in [5.74, 6) is -2.84. The molecule has 1 aromatic rings. The van der Waals surface area contributed by atoms with Crippen LogP contribution in [0.25, 0.3) is 0 Å². The van der Waals surface area contributed by atoms with Crippen LogP contribution in [0.3, 0.4) is 0 Å². The second-order valence-electron chi connectivity index (χ2n) is 6.82. The molecule has 0 spiro atoms. The van der Waals surface area contributed by atoms with Crippen LogP contribution in [0.5, 0.6) is 0 Å². The third-order valence-corrected chi connectivity index (χ3v) is 4.22. The van der Waals surface area contributed by atoms with E-state index in [1.807, 2.05) is 0 Å². The fourth-order valence-electron chi connectivity index (χ4n) is 2.70. The van der Waals surface area contributed by atoms with Gasteiger partial charge in [-0.05, 0) is 44.9 Å². The third-order valence-electron chi connectivity index (χ3n) is 4.22. The van der Waals surface area contributed by atoms with Gasteiger partial charge in [-0.25, -0.2) is 9.69 Å². The van der Waals surface area contributed by atoms with Crippen molar-refractivity contribution in [2.45, 2.75) is 38.8 Å². The summed E-state index contributed by atoms with van der Waals surface area (Å²) in [4.78, 5) is 61.7. The van der Waals surface area contributed by atoms with Gasteiger partial charge < -0.3 is 10.6 Å². The van der Waals surface area contributed by atoms with E-state index in [2.05, 4.69) is 10.6 Å². The molecule has 1 aliphatic carbocycles. The molecule has 0 unspecified atom stereocenters. The molecule has 9 heteroatoms. The molecule has 1 saturated heterocycles. The Bertz CT molecular complexity index is 831. The van der Waals surface area contributed by atoms with E-state index in [9.17, 15) is 24.0 Å². The number of nitrogens with zero attached hydrogens (tertiary/aromatic N) is 2. The van der Waals surface area contributed by atoms with Gasteiger partial charge in [0.15, 0.2) is 0 Å². The molecule has 0 atom stereocenters. The summed E-state index contributed by atoms with van der Waals surface area (Å²) >= 11 is 0. The predicted molar refractivity (Wildman–Crippen MR) is 94.7 cm³/mol. The molecule has 0 bridgehead atoms. The Hall–Kier alpha value is -3.23. The van der Waals surface area contributed by atoms with Gasteiger partial charge >= 0.3 is 17.8 Å². The molecule has 2 aliphatic rings. The van der Waals surface area contributed by atoms with Crippen LogP contribution in [-0.4, -0.2) is 58.1 Å². The lowest BCUT2D eigenvalue weighted by atomic mass is 10.2. The fourth-order valence-corrected chi connectivity index (χ4v) is 2.70. The van der Waals surface area contributed by atoms with E-state index in [1.165, 1.54) is 6.07 Å². The van der Waals surface area contributed by atoms with Crippen LogP contribution in [0.2, 0.25) is 0 Å². The molecule has 2 N–H and O–H groups in total. The number of hydrogen-bond acceptors (Lipinski definition) is 5. The molecule has 2 fully saturated rings. The minimum absolute atomic E-state index is 0.212. The van der Waals surface area contributed by atoms with Gasteiger partial charge in [0.2, 0.25) is 5.91 Å². The number of benzene rings is 1. The highest BCUT2D eigenvalue weighted by atomic mass is 16.2. The number of carbonyl (C=O) groups is 5. The van der Waals surface area contributed by atoms with Crippen molar-refractivity contribution < 1.29 is 24.0 Å². The maximum Gasteiger partial charge on any atom is 0.334 e. The molecule has 0 radical (unpaired) electrons. The number of imide groups is 2. The van der Waals surface area contributed by atoms with Crippen molar-refractivity contribution in [3.05, 3.63) is 29.8 Å². The summed E-state index contributed by atoms with van der Waals surface area (Å²) in [5.41, 5.74) is 0.753. The summed E-state index contributed by atoms with van der Waals surface area (Å²) in [6.45, 7) is 2.63. The number of nitrogens with one attached hydrogen (secondary N) is 2. The molecule has 6 amide bonds. The van der Waals surface area contributed by atoms with Gasteiger partial charge in [-0.3, -0.25) is 24.1 Å². The Labute approximate surface area is 155 Å². The first-order valence-corrected chi connectivity index (χ1v) is 8.67. The zero-order chi connectivity index (χ0) is 19.7. The van der Waals surface area contributed by atoms with Gasteiger partial charge in [0.25, 0.3) is 5.91 Å². The average molecular weight is 372 g/mol. The molecule has 0 aromatic heterocycles. The van der Waals surface area contributed by atoms with Crippen LogP contribution in [-0.2, 0) is 14.4 Å². The summed E-state index contributed by atoms with van der Waals surface area (Å²) in [6, 6.07) is 5.26. The second kappa shape index (κ2) is 7.18. The summed E-state index contributed by atoms with van der Waals surface area (Å²) in [7, 11) is 0. The van der Waals surface area contributed by atoms with Crippen LogP contribution >= 0.6 is 0 Å². The van der Waals surface area contributed by atoms with Crippen molar-refractivity contribution in [2.24, 2.45) is 0 Å². The van der Waals surface area contributed by atoms with E-state index in [-0.39, 0.29) is 11.9 Å².